The zero-order chi connectivity index (χ0) is 48.7. The number of likely N-dealkylation sites (N-methyl/N-ethyl adjacent to an activating group) is 2. The molecular formula is C51H51N13O6. The van der Waals surface area contributed by atoms with Crippen LogP contribution in [0.4, 0.5) is 11.4 Å². The highest BCUT2D eigenvalue weighted by atomic mass is 16.5. The van der Waals surface area contributed by atoms with E-state index >= 15 is 0 Å². The average Bonchev–Trinajstić information content (AvgIpc) is 4.02. The van der Waals surface area contributed by atoms with Crippen molar-refractivity contribution >= 4 is 35.0 Å². The van der Waals surface area contributed by atoms with E-state index in [-0.39, 0.29) is 23.5 Å². The lowest BCUT2D eigenvalue weighted by atomic mass is 10.1. The second-order valence-electron chi connectivity index (χ2n) is 17.2. The van der Waals surface area contributed by atoms with Crippen molar-refractivity contribution in [1.82, 2.24) is 55.4 Å². The van der Waals surface area contributed by atoms with Crippen LogP contribution in [0.5, 0.6) is 11.5 Å². The molecule has 0 spiro atoms. The number of tetrazole rings is 1. The van der Waals surface area contributed by atoms with E-state index in [0.717, 1.165) is 48.4 Å². The van der Waals surface area contributed by atoms with Crippen molar-refractivity contribution in [3.8, 4) is 35.2 Å². The van der Waals surface area contributed by atoms with Gasteiger partial charge in [-0.2, -0.15) is 4.80 Å². The summed E-state index contributed by atoms with van der Waals surface area (Å²) in [6, 6.07) is 28.3. The number of anilines is 2. The monoisotopic (exact) mass is 941 g/mol. The Labute approximate surface area is 404 Å². The van der Waals surface area contributed by atoms with Crippen LogP contribution in [0.2, 0.25) is 0 Å². The number of carbonyl (C=O) groups is 4. The predicted molar refractivity (Wildman–Crippen MR) is 258 cm³/mol. The van der Waals surface area contributed by atoms with Crippen molar-refractivity contribution in [3.05, 3.63) is 137 Å². The molecule has 19 nitrogen and oxygen atoms in total. The van der Waals surface area contributed by atoms with Gasteiger partial charge in [0.25, 0.3) is 29.5 Å². The zero-order valence-electron chi connectivity index (χ0n) is 39.2. The van der Waals surface area contributed by atoms with Gasteiger partial charge in [0.1, 0.15) is 42.1 Å². The largest absolute Gasteiger partial charge is 0.486 e. The molecule has 19 heteroatoms. The molecule has 9 rings (SSSR count). The fourth-order valence-corrected chi connectivity index (χ4v) is 8.28. The Hall–Kier alpha value is -8.39. The van der Waals surface area contributed by atoms with Crippen molar-refractivity contribution in [2.24, 2.45) is 0 Å². The fourth-order valence-electron chi connectivity index (χ4n) is 8.28. The minimum Gasteiger partial charge on any atom is -0.486 e. The number of fused-ring (bicyclic) bond motifs is 2. The number of benzene rings is 4. The third-order valence-corrected chi connectivity index (χ3v) is 12.3. The lowest BCUT2D eigenvalue weighted by molar-refractivity contribution is -0.122. The molecule has 6 aromatic rings. The summed E-state index contributed by atoms with van der Waals surface area (Å²) in [7, 11) is 3.30. The number of piperazine rings is 1. The standard InChI is InChI=1S/C51H51N13O6/c1-34-44(53-48(65)46-52-33-63(56-46)31-38-13-7-5-8-14-38)50(67)59(3)40-29-36(19-21-42(40)69-34)17-11-23-61-25-27-62(28-26-61)24-12-18-37-20-22-43-41(30-37)60(4)51(68)45(35(2)70-43)54-49(66)47-55-58-64(57-47)32-39-15-9-6-10-16-39/h5-10,13-16,19-22,29-30,33-35,44-45H,23-28,31-32H2,1-4H3,(H,53,65)(H,54,66)/t34-,35-,44+,45+/m1/s1. The Kier molecular flexibility index (Phi) is 13.9. The highest BCUT2D eigenvalue weighted by Crippen LogP contribution is 2.35. The number of hydrogen-bond acceptors (Lipinski definition) is 13. The molecule has 1 saturated heterocycles. The van der Waals surface area contributed by atoms with E-state index < -0.39 is 36.1 Å². The minimum absolute atomic E-state index is 0.0383. The summed E-state index contributed by atoms with van der Waals surface area (Å²) in [6.45, 7) is 8.69. The molecule has 4 amide bonds. The van der Waals surface area contributed by atoms with Gasteiger partial charge in [0, 0.05) is 51.4 Å². The summed E-state index contributed by atoms with van der Waals surface area (Å²) in [5.41, 5.74) is 4.53. The van der Waals surface area contributed by atoms with E-state index in [0.29, 0.717) is 49.1 Å². The summed E-state index contributed by atoms with van der Waals surface area (Å²) in [6.07, 6.45) is 0.136. The van der Waals surface area contributed by atoms with Crippen LogP contribution in [0.1, 0.15) is 57.3 Å². The number of rotatable bonds is 10. The molecule has 5 heterocycles. The Morgan fingerprint density at radius 3 is 1.64 bits per heavy atom. The van der Waals surface area contributed by atoms with Crippen LogP contribution in [0.25, 0.3) is 0 Å². The third kappa shape index (κ3) is 10.8. The highest BCUT2D eigenvalue weighted by Gasteiger charge is 2.38. The van der Waals surface area contributed by atoms with Gasteiger partial charge < -0.3 is 29.9 Å². The molecule has 1 fully saturated rings. The van der Waals surface area contributed by atoms with Crippen LogP contribution in [0.3, 0.4) is 0 Å². The molecule has 3 aliphatic heterocycles. The predicted octanol–water partition coefficient (Wildman–Crippen LogP) is 2.47. The average molecular weight is 942 g/mol. The number of nitrogens with one attached hydrogen (secondary N) is 2. The van der Waals surface area contributed by atoms with Gasteiger partial charge in [0.2, 0.25) is 5.82 Å². The Morgan fingerprint density at radius 1 is 0.643 bits per heavy atom. The van der Waals surface area contributed by atoms with Gasteiger partial charge in [-0.25, -0.2) is 9.67 Å². The van der Waals surface area contributed by atoms with Crippen LogP contribution >= 0.6 is 0 Å². The van der Waals surface area contributed by atoms with Gasteiger partial charge >= 0.3 is 0 Å². The van der Waals surface area contributed by atoms with Gasteiger partial charge in [-0.05, 0) is 66.6 Å². The first-order valence-electron chi connectivity index (χ1n) is 22.9. The Balaban J connectivity index is 0.739. The molecule has 0 radical (unpaired) electrons. The van der Waals surface area contributed by atoms with Gasteiger partial charge in [-0.3, -0.25) is 29.0 Å². The third-order valence-electron chi connectivity index (χ3n) is 12.3. The molecule has 356 valence electrons. The van der Waals surface area contributed by atoms with Crippen molar-refractivity contribution < 1.29 is 28.7 Å². The number of amides is 4. The summed E-state index contributed by atoms with van der Waals surface area (Å²) in [5, 5.41) is 22.0. The first-order valence-corrected chi connectivity index (χ1v) is 22.9. The maximum Gasteiger partial charge on any atom is 0.293 e. The second kappa shape index (κ2) is 20.9. The Morgan fingerprint density at radius 2 is 1.13 bits per heavy atom. The molecule has 0 saturated carbocycles. The van der Waals surface area contributed by atoms with E-state index in [1.165, 1.54) is 20.9 Å². The van der Waals surface area contributed by atoms with Gasteiger partial charge in [0.15, 0.2) is 0 Å². The summed E-state index contributed by atoms with van der Waals surface area (Å²) >= 11 is 0. The number of aromatic nitrogens is 7. The first-order chi connectivity index (χ1) is 33.9. The quantitative estimate of drug-likeness (QED) is 0.190. The van der Waals surface area contributed by atoms with E-state index in [9.17, 15) is 19.2 Å². The Bertz CT molecular complexity index is 2820. The summed E-state index contributed by atoms with van der Waals surface area (Å²) in [5.74, 6) is 12.0. The molecule has 2 aromatic heterocycles. The lowest BCUT2D eigenvalue weighted by Gasteiger charge is -2.32. The molecule has 4 atom stereocenters. The van der Waals surface area contributed by atoms with Gasteiger partial charge in [-0.1, -0.05) is 84.3 Å². The fraction of sp³-hybridized carbons (Fsp3) is 0.314. The number of nitrogens with zero attached hydrogens (tertiary/aromatic N) is 11. The van der Waals surface area contributed by atoms with Crippen molar-refractivity contribution in [3.63, 3.8) is 0 Å². The molecule has 0 bridgehead atoms. The first kappa shape index (κ1) is 46.7. The topological polar surface area (TPSA) is 198 Å². The van der Waals surface area contributed by atoms with Crippen molar-refractivity contribution in [1.29, 1.82) is 0 Å². The van der Waals surface area contributed by atoms with Crippen molar-refractivity contribution in [2.75, 3.05) is 63.2 Å². The smallest absolute Gasteiger partial charge is 0.293 e. The molecule has 0 aliphatic carbocycles. The van der Waals surface area contributed by atoms with Crippen LogP contribution in [0, 0.1) is 23.7 Å². The number of hydrogen-bond donors (Lipinski definition) is 2. The van der Waals surface area contributed by atoms with E-state index in [2.05, 4.69) is 69.6 Å². The molecule has 0 unspecified atom stereocenters. The van der Waals surface area contributed by atoms with Gasteiger partial charge in [0.05, 0.1) is 37.6 Å². The van der Waals surface area contributed by atoms with Crippen molar-refractivity contribution in [2.45, 2.75) is 51.2 Å². The molecular weight excluding hydrogens is 891 g/mol. The SMILES string of the molecule is C[C@H]1Oc2ccc(C#CCN3CCN(CC#Cc4ccc5c(c4)N(C)C(=O)[C@@H](NC(=O)c4nnn(Cc6ccccc6)n4)[C@@H](C)O5)CC3)cc2N(C)C(=O)[C@H]1NC(=O)c1ncn(Cc2ccccc2)n1. The van der Waals surface area contributed by atoms with E-state index in [1.54, 1.807) is 44.8 Å². The van der Waals surface area contributed by atoms with Gasteiger partial charge in [-0.15, -0.1) is 15.3 Å². The highest BCUT2D eigenvalue weighted by molar-refractivity contribution is 6.04. The van der Waals surface area contributed by atoms with E-state index in [4.69, 9.17) is 9.47 Å². The summed E-state index contributed by atoms with van der Waals surface area (Å²) < 4.78 is 14.0. The van der Waals surface area contributed by atoms with Crippen LogP contribution in [0.15, 0.2) is 103 Å². The normalized spacial score (nSPS) is 19.1. The van der Waals surface area contributed by atoms with Crippen LogP contribution in [-0.2, 0) is 22.7 Å². The molecule has 4 aromatic carbocycles. The number of carbonyl (C=O) groups excluding carboxylic acids is 4. The van der Waals surface area contributed by atoms with E-state index in [1.807, 2.05) is 84.9 Å². The molecule has 3 aliphatic rings. The minimum atomic E-state index is -1.00. The maximum absolute atomic E-state index is 13.7. The summed E-state index contributed by atoms with van der Waals surface area (Å²) in [4.78, 5) is 66.9. The van der Waals surface area contributed by atoms with Crippen LogP contribution in [-0.4, -0.2) is 146 Å². The zero-order valence-corrected chi connectivity index (χ0v) is 39.2. The second-order valence-corrected chi connectivity index (χ2v) is 17.2. The lowest BCUT2D eigenvalue weighted by Crippen LogP contribution is -2.53. The molecule has 2 N–H and O–H groups in total. The maximum atomic E-state index is 13.7. The van der Waals surface area contributed by atoms with Crippen LogP contribution < -0.4 is 29.9 Å². The number of ether oxygens (including phenoxy) is 2. The molecule has 70 heavy (non-hydrogen) atoms.